The summed E-state index contributed by atoms with van der Waals surface area (Å²) in [6, 6.07) is 0. The molecule has 4 nitrogen and oxygen atoms in total. The number of hydrogen-bond acceptors (Lipinski definition) is 2. The van der Waals surface area contributed by atoms with E-state index in [1.807, 2.05) is 27.7 Å². The van der Waals surface area contributed by atoms with Gasteiger partial charge in [0.2, 0.25) is 0 Å². The van der Waals surface area contributed by atoms with Gasteiger partial charge in [-0.15, -0.1) is 0 Å². The molecule has 0 fully saturated rings. The Balaban J connectivity index is 5.59. The Labute approximate surface area is 135 Å². The molecule has 0 rings (SSSR count). The molecule has 0 unspecified atom stereocenters. The Hall–Kier alpha value is -1.06. The molecule has 0 aromatic carbocycles. The van der Waals surface area contributed by atoms with E-state index in [2.05, 4.69) is 6.92 Å². The van der Waals surface area contributed by atoms with Crippen LogP contribution >= 0.6 is 0 Å². The second kappa shape index (κ2) is 8.54. The van der Waals surface area contributed by atoms with Crippen molar-refractivity contribution >= 4 is 11.9 Å². The van der Waals surface area contributed by atoms with E-state index in [-0.39, 0.29) is 11.8 Å². The molecule has 0 amide bonds. The van der Waals surface area contributed by atoms with Crippen LogP contribution in [-0.2, 0) is 9.59 Å². The van der Waals surface area contributed by atoms with Gasteiger partial charge in [0.1, 0.15) is 0 Å². The van der Waals surface area contributed by atoms with Crippen LogP contribution in [-0.4, -0.2) is 22.2 Å². The van der Waals surface area contributed by atoms with E-state index >= 15 is 0 Å². The monoisotopic (exact) mass is 314 g/mol. The van der Waals surface area contributed by atoms with Crippen molar-refractivity contribution < 1.29 is 19.8 Å². The molecule has 0 atom stereocenters. The predicted octanol–water partition coefficient (Wildman–Crippen LogP) is 4.82. The van der Waals surface area contributed by atoms with Crippen LogP contribution in [0.1, 0.15) is 80.1 Å². The molecule has 0 aliphatic rings. The van der Waals surface area contributed by atoms with Crippen molar-refractivity contribution in [3.63, 3.8) is 0 Å². The fraction of sp³-hybridized carbons (Fsp3) is 0.889. The average molecular weight is 314 g/mol. The molecule has 0 saturated heterocycles. The first-order valence-electron chi connectivity index (χ1n) is 8.55. The summed E-state index contributed by atoms with van der Waals surface area (Å²) < 4.78 is 0. The van der Waals surface area contributed by atoms with Crippen molar-refractivity contribution in [1.82, 2.24) is 0 Å². The normalized spacial score (nSPS) is 12.9. The molecule has 4 heteroatoms. The minimum atomic E-state index is -1.76. The predicted molar refractivity (Wildman–Crippen MR) is 88.9 cm³/mol. The first kappa shape index (κ1) is 20.9. The summed E-state index contributed by atoms with van der Waals surface area (Å²) in [5.41, 5.74) is -2.52. The Morgan fingerprint density at radius 3 is 1.59 bits per heavy atom. The maximum Gasteiger partial charge on any atom is 0.321 e. The van der Waals surface area contributed by atoms with Crippen molar-refractivity contribution in [2.75, 3.05) is 0 Å². The molecular formula is C18H34O4. The SMILES string of the molecule is CCCCCCCC(C(C)C)(C(C)C)C(C)(C(=O)O)C(=O)O. The van der Waals surface area contributed by atoms with Crippen molar-refractivity contribution in [2.24, 2.45) is 22.7 Å². The van der Waals surface area contributed by atoms with Crippen LogP contribution in [0.15, 0.2) is 0 Å². The van der Waals surface area contributed by atoms with E-state index in [0.717, 1.165) is 25.7 Å². The number of aliphatic carboxylic acids is 2. The molecule has 0 saturated carbocycles. The Morgan fingerprint density at radius 2 is 1.27 bits per heavy atom. The molecule has 0 aromatic heterocycles. The number of carbonyl (C=O) groups is 2. The zero-order valence-corrected chi connectivity index (χ0v) is 15.1. The van der Waals surface area contributed by atoms with E-state index in [4.69, 9.17) is 0 Å². The second-order valence-electron chi connectivity index (χ2n) is 7.25. The number of hydrogen-bond donors (Lipinski definition) is 2. The smallest absolute Gasteiger partial charge is 0.321 e. The number of carboxylic acids is 2. The van der Waals surface area contributed by atoms with E-state index in [0.29, 0.717) is 6.42 Å². The first-order valence-corrected chi connectivity index (χ1v) is 8.55. The molecule has 0 bridgehead atoms. The third-order valence-corrected chi connectivity index (χ3v) is 5.54. The largest absolute Gasteiger partial charge is 0.480 e. The van der Waals surface area contributed by atoms with Gasteiger partial charge >= 0.3 is 11.9 Å². The van der Waals surface area contributed by atoms with Crippen LogP contribution in [0, 0.1) is 22.7 Å². The van der Waals surface area contributed by atoms with Gasteiger partial charge in [-0.2, -0.15) is 0 Å². The highest BCUT2D eigenvalue weighted by Gasteiger charge is 2.61. The molecule has 0 aromatic rings. The Bertz CT molecular complexity index is 349. The van der Waals surface area contributed by atoms with E-state index in [9.17, 15) is 19.8 Å². The molecule has 0 aliphatic heterocycles. The van der Waals surface area contributed by atoms with Crippen molar-refractivity contribution in [3.8, 4) is 0 Å². The summed E-state index contributed by atoms with van der Waals surface area (Å²) in [7, 11) is 0. The van der Waals surface area contributed by atoms with Gasteiger partial charge in [-0.25, -0.2) is 0 Å². The average Bonchev–Trinajstić information content (AvgIpc) is 2.40. The molecule has 2 N–H and O–H groups in total. The summed E-state index contributed by atoms with van der Waals surface area (Å²) in [4.78, 5) is 23.7. The van der Waals surface area contributed by atoms with E-state index in [1.165, 1.54) is 13.3 Å². The van der Waals surface area contributed by atoms with Crippen LogP contribution in [0.4, 0.5) is 0 Å². The van der Waals surface area contributed by atoms with Gasteiger partial charge in [-0.1, -0.05) is 66.7 Å². The van der Waals surface area contributed by atoms with Gasteiger partial charge in [-0.3, -0.25) is 9.59 Å². The Morgan fingerprint density at radius 1 is 0.864 bits per heavy atom. The summed E-state index contributed by atoms with van der Waals surface area (Å²) >= 11 is 0. The van der Waals surface area contributed by atoms with Crippen molar-refractivity contribution in [3.05, 3.63) is 0 Å². The molecule has 0 radical (unpaired) electrons. The molecule has 0 spiro atoms. The van der Waals surface area contributed by atoms with Gasteiger partial charge in [0.05, 0.1) is 0 Å². The minimum Gasteiger partial charge on any atom is -0.480 e. The fourth-order valence-electron chi connectivity index (χ4n) is 4.16. The Kier molecular flexibility index (Phi) is 8.13. The molecule has 0 heterocycles. The maximum atomic E-state index is 11.9. The number of carboxylic acid groups (broad SMARTS) is 2. The zero-order chi connectivity index (χ0) is 17.6. The topological polar surface area (TPSA) is 74.6 Å². The lowest BCUT2D eigenvalue weighted by Gasteiger charge is -2.50. The van der Waals surface area contributed by atoms with E-state index < -0.39 is 22.8 Å². The van der Waals surface area contributed by atoms with Gasteiger partial charge in [0, 0.05) is 5.41 Å². The second-order valence-corrected chi connectivity index (χ2v) is 7.25. The van der Waals surface area contributed by atoms with E-state index in [1.54, 1.807) is 0 Å². The highest BCUT2D eigenvalue weighted by molar-refractivity contribution is 5.99. The lowest BCUT2D eigenvalue weighted by atomic mass is 9.51. The van der Waals surface area contributed by atoms with Crippen molar-refractivity contribution in [1.29, 1.82) is 0 Å². The summed E-state index contributed by atoms with van der Waals surface area (Å²) in [5.74, 6) is -2.49. The van der Waals surface area contributed by atoms with Crippen LogP contribution in [0.2, 0.25) is 0 Å². The maximum absolute atomic E-state index is 11.9. The van der Waals surface area contributed by atoms with Gasteiger partial charge in [-0.05, 0) is 25.2 Å². The fourth-order valence-corrected chi connectivity index (χ4v) is 4.16. The molecule has 130 valence electrons. The standard InChI is InChI=1S/C18H34O4/c1-7-8-9-10-11-12-18(13(2)3,14(4)5)17(6,15(19)20)16(21)22/h13-14H,7-12H2,1-6H3,(H,19,20)(H,21,22). The third-order valence-electron chi connectivity index (χ3n) is 5.54. The summed E-state index contributed by atoms with van der Waals surface area (Å²) in [6.45, 7) is 11.4. The van der Waals surface area contributed by atoms with Crippen LogP contribution in [0.5, 0.6) is 0 Å². The molecule has 22 heavy (non-hydrogen) atoms. The van der Waals surface area contributed by atoms with Crippen LogP contribution < -0.4 is 0 Å². The highest BCUT2D eigenvalue weighted by Crippen LogP contribution is 2.54. The third kappa shape index (κ3) is 3.82. The molecular weight excluding hydrogens is 280 g/mol. The lowest BCUT2D eigenvalue weighted by Crippen LogP contribution is -2.56. The zero-order valence-electron chi connectivity index (χ0n) is 15.1. The lowest BCUT2D eigenvalue weighted by molar-refractivity contribution is -0.183. The highest BCUT2D eigenvalue weighted by atomic mass is 16.4. The number of unbranched alkanes of at least 4 members (excludes halogenated alkanes) is 4. The van der Waals surface area contributed by atoms with Gasteiger partial charge in [0.15, 0.2) is 5.41 Å². The van der Waals surface area contributed by atoms with Crippen molar-refractivity contribution in [2.45, 2.75) is 80.1 Å². The minimum absolute atomic E-state index is 0.0177. The van der Waals surface area contributed by atoms with Gasteiger partial charge < -0.3 is 10.2 Å². The van der Waals surface area contributed by atoms with Crippen LogP contribution in [0.25, 0.3) is 0 Å². The van der Waals surface area contributed by atoms with Gasteiger partial charge in [0.25, 0.3) is 0 Å². The number of rotatable bonds is 11. The summed E-state index contributed by atoms with van der Waals surface area (Å²) in [5, 5.41) is 19.4. The first-order chi connectivity index (χ1) is 10.1. The molecule has 0 aliphatic carbocycles. The quantitative estimate of drug-likeness (QED) is 0.423. The van der Waals surface area contributed by atoms with Crippen LogP contribution in [0.3, 0.4) is 0 Å². The summed E-state index contributed by atoms with van der Waals surface area (Å²) in [6.07, 6.45) is 6.00.